The number of amides is 1. The van der Waals surface area contributed by atoms with Crippen LogP contribution >= 0.6 is 0 Å². The molecular weight excluding hydrogens is 248 g/mol. The Bertz CT molecular complexity index is 286. The van der Waals surface area contributed by atoms with Crippen molar-refractivity contribution in [2.24, 2.45) is 11.3 Å². The Morgan fingerprint density at radius 2 is 1.65 bits per heavy atom. The van der Waals surface area contributed by atoms with Crippen LogP contribution in [-0.2, 0) is 4.79 Å². The maximum atomic E-state index is 12.2. The van der Waals surface area contributed by atoms with E-state index in [0.717, 1.165) is 51.5 Å². The molecule has 0 radical (unpaired) electrons. The second-order valence-electron chi connectivity index (χ2n) is 7.84. The number of piperazine rings is 1. The standard InChI is InChI=1S/C17H34N2O/c1-15(2)14-18-10-12-19(13-11-18)16(20)8-6-7-9-17(3,4)5/h15H,6-14H2,1-5H3. The molecule has 1 aliphatic rings. The van der Waals surface area contributed by atoms with Gasteiger partial charge in [-0.2, -0.15) is 0 Å². The van der Waals surface area contributed by atoms with E-state index in [4.69, 9.17) is 0 Å². The number of carbonyl (C=O) groups is 1. The Balaban J connectivity index is 2.16. The van der Waals surface area contributed by atoms with E-state index in [1.54, 1.807) is 0 Å². The zero-order chi connectivity index (χ0) is 15.2. The van der Waals surface area contributed by atoms with E-state index in [9.17, 15) is 4.79 Å². The van der Waals surface area contributed by atoms with Crippen LogP contribution in [0.15, 0.2) is 0 Å². The highest BCUT2D eigenvalue weighted by molar-refractivity contribution is 5.76. The largest absolute Gasteiger partial charge is 0.340 e. The monoisotopic (exact) mass is 282 g/mol. The van der Waals surface area contributed by atoms with E-state index in [2.05, 4.69) is 44.4 Å². The first-order chi connectivity index (χ1) is 9.28. The minimum absolute atomic E-state index is 0.364. The fourth-order valence-electron chi connectivity index (χ4n) is 2.79. The van der Waals surface area contributed by atoms with Gasteiger partial charge in [-0.05, 0) is 24.2 Å². The second kappa shape index (κ2) is 8.02. The molecule has 0 aromatic rings. The van der Waals surface area contributed by atoms with Crippen molar-refractivity contribution in [2.75, 3.05) is 32.7 Å². The summed E-state index contributed by atoms with van der Waals surface area (Å²) in [6, 6.07) is 0. The molecule has 0 aliphatic carbocycles. The van der Waals surface area contributed by atoms with Crippen molar-refractivity contribution in [3.05, 3.63) is 0 Å². The third kappa shape index (κ3) is 7.28. The Kier molecular flexibility index (Phi) is 7.01. The summed E-state index contributed by atoms with van der Waals surface area (Å²) in [6.45, 7) is 16.4. The zero-order valence-electron chi connectivity index (χ0n) is 14.2. The van der Waals surface area contributed by atoms with E-state index < -0.39 is 0 Å². The summed E-state index contributed by atoms with van der Waals surface area (Å²) in [5.74, 6) is 1.08. The number of hydrogen-bond donors (Lipinski definition) is 0. The van der Waals surface area contributed by atoms with Crippen LogP contribution in [0.4, 0.5) is 0 Å². The van der Waals surface area contributed by atoms with Crippen molar-refractivity contribution in [3.8, 4) is 0 Å². The van der Waals surface area contributed by atoms with Crippen LogP contribution in [0.3, 0.4) is 0 Å². The molecule has 1 aliphatic heterocycles. The molecule has 118 valence electrons. The van der Waals surface area contributed by atoms with Gasteiger partial charge in [-0.25, -0.2) is 0 Å². The fraction of sp³-hybridized carbons (Fsp3) is 0.941. The number of unbranched alkanes of at least 4 members (excludes halogenated alkanes) is 1. The number of rotatable bonds is 6. The molecule has 0 saturated carbocycles. The van der Waals surface area contributed by atoms with Crippen LogP contribution in [0.2, 0.25) is 0 Å². The molecule has 0 aromatic carbocycles. The molecule has 1 saturated heterocycles. The lowest BCUT2D eigenvalue weighted by atomic mass is 9.89. The van der Waals surface area contributed by atoms with Gasteiger partial charge in [0, 0.05) is 39.1 Å². The van der Waals surface area contributed by atoms with Gasteiger partial charge in [-0.3, -0.25) is 9.69 Å². The first-order valence-electron chi connectivity index (χ1n) is 8.28. The fourth-order valence-corrected chi connectivity index (χ4v) is 2.79. The Morgan fingerprint density at radius 3 is 2.15 bits per heavy atom. The highest BCUT2D eigenvalue weighted by Crippen LogP contribution is 2.22. The molecule has 0 unspecified atom stereocenters. The van der Waals surface area contributed by atoms with Gasteiger partial charge in [0.15, 0.2) is 0 Å². The average Bonchev–Trinajstić information content (AvgIpc) is 2.33. The summed E-state index contributed by atoms with van der Waals surface area (Å²) >= 11 is 0. The van der Waals surface area contributed by atoms with Crippen molar-refractivity contribution in [1.82, 2.24) is 9.80 Å². The molecule has 20 heavy (non-hydrogen) atoms. The van der Waals surface area contributed by atoms with E-state index in [1.165, 1.54) is 12.8 Å². The van der Waals surface area contributed by atoms with Crippen molar-refractivity contribution in [2.45, 2.75) is 60.3 Å². The SMILES string of the molecule is CC(C)CN1CCN(C(=O)CCCCC(C)(C)C)CC1. The van der Waals surface area contributed by atoms with Crippen molar-refractivity contribution < 1.29 is 4.79 Å². The summed E-state index contributed by atoms with van der Waals surface area (Å²) in [5.41, 5.74) is 0.394. The third-order valence-electron chi connectivity index (χ3n) is 3.92. The predicted octanol–water partition coefficient (Wildman–Crippen LogP) is 3.39. The molecule has 0 bridgehead atoms. The Hall–Kier alpha value is -0.570. The molecular formula is C17H34N2O. The third-order valence-corrected chi connectivity index (χ3v) is 3.92. The van der Waals surface area contributed by atoms with Gasteiger partial charge < -0.3 is 4.90 Å². The molecule has 0 spiro atoms. The molecule has 1 rings (SSSR count). The van der Waals surface area contributed by atoms with Crippen LogP contribution in [0.5, 0.6) is 0 Å². The normalized spacial score (nSPS) is 17.8. The van der Waals surface area contributed by atoms with Crippen LogP contribution in [-0.4, -0.2) is 48.4 Å². The molecule has 0 aromatic heterocycles. The summed E-state index contributed by atoms with van der Waals surface area (Å²) in [7, 11) is 0. The van der Waals surface area contributed by atoms with Crippen LogP contribution in [0.25, 0.3) is 0 Å². The highest BCUT2D eigenvalue weighted by atomic mass is 16.2. The average molecular weight is 282 g/mol. The Labute approximate surface area is 125 Å². The zero-order valence-corrected chi connectivity index (χ0v) is 14.2. The number of hydrogen-bond acceptors (Lipinski definition) is 2. The molecule has 0 N–H and O–H groups in total. The summed E-state index contributed by atoms with van der Waals surface area (Å²) in [6.07, 6.45) is 4.16. The first-order valence-corrected chi connectivity index (χ1v) is 8.28. The molecule has 1 amide bonds. The summed E-state index contributed by atoms with van der Waals surface area (Å²) in [4.78, 5) is 16.7. The van der Waals surface area contributed by atoms with Crippen LogP contribution in [0.1, 0.15) is 60.3 Å². The van der Waals surface area contributed by atoms with Gasteiger partial charge >= 0.3 is 0 Å². The number of carbonyl (C=O) groups excluding carboxylic acids is 1. The van der Waals surface area contributed by atoms with Gasteiger partial charge in [-0.1, -0.05) is 41.0 Å². The first kappa shape index (κ1) is 17.5. The van der Waals surface area contributed by atoms with Gasteiger partial charge in [0.1, 0.15) is 0 Å². The van der Waals surface area contributed by atoms with Crippen molar-refractivity contribution >= 4 is 5.91 Å². The minimum Gasteiger partial charge on any atom is -0.340 e. The van der Waals surface area contributed by atoms with Crippen LogP contribution in [0, 0.1) is 11.3 Å². The van der Waals surface area contributed by atoms with Gasteiger partial charge in [0.2, 0.25) is 5.91 Å². The van der Waals surface area contributed by atoms with E-state index in [-0.39, 0.29) is 0 Å². The quantitative estimate of drug-likeness (QED) is 0.697. The van der Waals surface area contributed by atoms with Crippen LogP contribution < -0.4 is 0 Å². The molecule has 1 heterocycles. The second-order valence-corrected chi connectivity index (χ2v) is 7.84. The van der Waals surface area contributed by atoms with Gasteiger partial charge in [-0.15, -0.1) is 0 Å². The Morgan fingerprint density at radius 1 is 1.05 bits per heavy atom. The lowest BCUT2D eigenvalue weighted by Gasteiger charge is -2.35. The minimum atomic E-state index is 0.364. The maximum Gasteiger partial charge on any atom is 0.222 e. The van der Waals surface area contributed by atoms with E-state index >= 15 is 0 Å². The van der Waals surface area contributed by atoms with Crippen molar-refractivity contribution in [1.29, 1.82) is 0 Å². The van der Waals surface area contributed by atoms with E-state index in [0.29, 0.717) is 11.3 Å². The van der Waals surface area contributed by atoms with Crippen molar-refractivity contribution in [3.63, 3.8) is 0 Å². The lowest BCUT2D eigenvalue weighted by molar-refractivity contribution is -0.133. The molecule has 0 atom stereocenters. The maximum absolute atomic E-state index is 12.2. The lowest BCUT2D eigenvalue weighted by Crippen LogP contribution is -2.49. The number of nitrogens with zero attached hydrogens (tertiary/aromatic N) is 2. The summed E-state index contributed by atoms with van der Waals surface area (Å²) < 4.78 is 0. The van der Waals surface area contributed by atoms with Gasteiger partial charge in [0.05, 0.1) is 0 Å². The van der Waals surface area contributed by atoms with E-state index in [1.807, 2.05) is 0 Å². The predicted molar refractivity (Wildman–Crippen MR) is 85.8 cm³/mol. The molecule has 3 nitrogen and oxygen atoms in total. The van der Waals surface area contributed by atoms with Gasteiger partial charge in [0.25, 0.3) is 0 Å². The smallest absolute Gasteiger partial charge is 0.222 e. The highest BCUT2D eigenvalue weighted by Gasteiger charge is 2.21. The topological polar surface area (TPSA) is 23.6 Å². The molecule has 1 fully saturated rings. The molecule has 3 heteroatoms. The summed E-state index contributed by atoms with van der Waals surface area (Å²) in [5, 5.41) is 0.